The Hall–Kier alpha value is -1.91. The number of pyridine rings is 1. The molecule has 1 aromatic rings. The minimum atomic E-state index is -0.442. The highest BCUT2D eigenvalue weighted by molar-refractivity contribution is 5.96. The van der Waals surface area contributed by atoms with Crippen molar-refractivity contribution in [2.45, 2.75) is 45.3 Å². The first-order chi connectivity index (χ1) is 9.13. The van der Waals surface area contributed by atoms with Gasteiger partial charge in [0.25, 0.3) is 0 Å². The van der Waals surface area contributed by atoms with Crippen molar-refractivity contribution in [3.8, 4) is 0 Å². The summed E-state index contributed by atoms with van der Waals surface area (Å²) in [5, 5.41) is 2.74. The molecule has 19 heavy (non-hydrogen) atoms. The molecule has 1 saturated heterocycles. The van der Waals surface area contributed by atoms with Gasteiger partial charge in [0.15, 0.2) is 0 Å². The Morgan fingerprint density at radius 1 is 1.32 bits per heavy atom. The lowest BCUT2D eigenvalue weighted by Crippen LogP contribution is -2.61. The summed E-state index contributed by atoms with van der Waals surface area (Å²) in [6, 6.07) is 2.94. The highest BCUT2D eigenvalue weighted by Gasteiger charge is 2.37. The molecule has 2 rings (SSSR count). The van der Waals surface area contributed by atoms with Crippen molar-refractivity contribution >= 4 is 11.8 Å². The van der Waals surface area contributed by atoms with Gasteiger partial charge in [-0.3, -0.25) is 14.6 Å². The Kier molecular flexibility index (Phi) is 4.14. The molecule has 0 aliphatic carbocycles. The molecule has 0 aromatic carbocycles. The van der Waals surface area contributed by atoms with E-state index in [4.69, 9.17) is 0 Å². The maximum atomic E-state index is 12.3. The molecule has 0 saturated carbocycles. The Morgan fingerprint density at radius 2 is 2.00 bits per heavy atom. The highest BCUT2D eigenvalue weighted by atomic mass is 16.2. The van der Waals surface area contributed by atoms with Gasteiger partial charge in [0.2, 0.25) is 11.8 Å². The molecule has 0 bridgehead atoms. The molecule has 0 radical (unpaired) electrons. The fraction of sp³-hybridized carbons (Fsp3) is 0.500. The van der Waals surface area contributed by atoms with Gasteiger partial charge in [-0.1, -0.05) is 13.3 Å². The zero-order valence-electron chi connectivity index (χ0n) is 11.3. The van der Waals surface area contributed by atoms with Gasteiger partial charge in [0, 0.05) is 18.9 Å². The Morgan fingerprint density at radius 3 is 2.63 bits per heavy atom. The zero-order chi connectivity index (χ0) is 13.8. The fourth-order valence-electron chi connectivity index (χ4n) is 2.35. The van der Waals surface area contributed by atoms with E-state index in [0.29, 0.717) is 13.0 Å². The van der Waals surface area contributed by atoms with E-state index in [0.717, 1.165) is 12.0 Å². The van der Waals surface area contributed by atoms with E-state index in [1.807, 2.05) is 19.1 Å². The van der Waals surface area contributed by atoms with Crippen LogP contribution in [0.4, 0.5) is 0 Å². The summed E-state index contributed by atoms with van der Waals surface area (Å²) < 4.78 is 0. The van der Waals surface area contributed by atoms with Crippen LogP contribution in [-0.2, 0) is 16.1 Å². The molecule has 1 aliphatic heterocycles. The first-order valence-corrected chi connectivity index (χ1v) is 6.63. The molecule has 2 unspecified atom stereocenters. The van der Waals surface area contributed by atoms with Crippen LogP contribution in [0, 0.1) is 0 Å². The van der Waals surface area contributed by atoms with E-state index in [2.05, 4.69) is 10.3 Å². The molecule has 2 atom stereocenters. The Labute approximate surface area is 113 Å². The van der Waals surface area contributed by atoms with Gasteiger partial charge < -0.3 is 10.2 Å². The number of piperazine rings is 1. The topological polar surface area (TPSA) is 62.3 Å². The molecule has 1 aromatic heterocycles. The second-order valence-electron chi connectivity index (χ2n) is 4.86. The number of hydrogen-bond acceptors (Lipinski definition) is 3. The number of aromatic nitrogens is 1. The molecule has 1 aliphatic rings. The van der Waals surface area contributed by atoms with Crippen LogP contribution in [0.3, 0.4) is 0 Å². The summed E-state index contributed by atoms with van der Waals surface area (Å²) in [5.41, 5.74) is 0.992. The summed E-state index contributed by atoms with van der Waals surface area (Å²) in [6.45, 7) is 4.20. The maximum absolute atomic E-state index is 12.3. The second kappa shape index (κ2) is 5.82. The lowest BCUT2D eigenvalue weighted by Gasteiger charge is -2.38. The summed E-state index contributed by atoms with van der Waals surface area (Å²) >= 11 is 0. The normalized spacial score (nSPS) is 23.4. The van der Waals surface area contributed by atoms with Crippen molar-refractivity contribution in [1.82, 2.24) is 15.2 Å². The van der Waals surface area contributed by atoms with E-state index >= 15 is 0 Å². The van der Waals surface area contributed by atoms with Crippen molar-refractivity contribution < 1.29 is 9.59 Å². The quantitative estimate of drug-likeness (QED) is 0.882. The minimum absolute atomic E-state index is 0.0186. The third kappa shape index (κ3) is 2.92. The first-order valence-electron chi connectivity index (χ1n) is 6.63. The van der Waals surface area contributed by atoms with E-state index in [9.17, 15) is 9.59 Å². The van der Waals surface area contributed by atoms with Gasteiger partial charge >= 0.3 is 0 Å². The summed E-state index contributed by atoms with van der Waals surface area (Å²) in [5.74, 6) is -0.0714. The second-order valence-corrected chi connectivity index (χ2v) is 4.86. The van der Waals surface area contributed by atoms with E-state index < -0.39 is 6.04 Å². The Bertz CT molecular complexity index is 461. The van der Waals surface area contributed by atoms with Crippen molar-refractivity contribution in [3.05, 3.63) is 30.1 Å². The smallest absolute Gasteiger partial charge is 0.245 e. The predicted molar refractivity (Wildman–Crippen MR) is 71.1 cm³/mol. The molecule has 1 N–H and O–H groups in total. The van der Waals surface area contributed by atoms with Crippen LogP contribution < -0.4 is 5.32 Å². The average Bonchev–Trinajstić information content (AvgIpc) is 2.41. The van der Waals surface area contributed by atoms with Crippen LogP contribution in [0.25, 0.3) is 0 Å². The van der Waals surface area contributed by atoms with E-state index in [1.165, 1.54) is 0 Å². The van der Waals surface area contributed by atoms with Crippen molar-refractivity contribution in [2.24, 2.45) is 0 Å². The van der Waals surface area contributed by atoms with Crippen LogP contribution in [0.2, 0.25) is 0 Å². The molecule has 5 heteroatoms. The third-order valence-electron chi connectivity index (χ3n) is 3.36. The van der Waals surface area contributed by atoms with Gasteiger partial charge in [-0.25, -0.2) is 0 Å². The van der Waals surface area contributed by atoms with Crippen LogP contribution in [0.5, 0.6) is 0 Å². The lowest BCUT2D eigenvalue weighted by molar-refractivity contribution is -0.149. The minimum Gasteiger partial charge on any atom is -0.343 e. The van der Waals surface area contributed by atoms with Crippen molar-refractivity contribution in [2.75, 3.05) is 0 Å². The summed E-state index contributed by atoms with van der Waals surface area (Å²) in [6.07, 6.45) is 4.95. The van der Waals surface area contributed by atoms with Crippen LogP contribution >= 0.6 is 0 Å². The number of carbonyl (C=O) groups excluding carboxylic acids is 2. The van der Waals surface area contributed by atoms with Gasteiger partial charge in [0.05, 0.1) is 0 Å². The maximum Gasteiger partial charge on any atom is 0.245 e. The number of carbonyl (C=O) groups is 2. The van der Waals surface area contributed by atoms with Crippen LogP contribution in [0.1, 0.15) is 32.3 Å². The molecule has 0 spiro atoms. The standard InChI is InChI=1S/C14H19N3O2/c1-3-4-12-13(18)16-10(2)14(19)17(12)9-11-5-7-15-8-6-11/h5-8,10,12H,3-4,9H2,1-2H3,(H,16,18). The number of hydrogen-bond donors (Lipinski definition) is 1. The molecule has 102 valence electrons. The van der Waals surface area contributed by atoms with E-state index in [-0.39, 0.29) is 17.9 Å². The molecule has 1 fully saturated rings. The zero-order valence-corrected chi connectivity index (χ0v) is 11.3. The predicted octanol–water partition coefficient (Wildman–Crippen LogP) is 1.10. The molecular formula is C14H19N3O2. The molecule has 2 heterocycles. The number of amides is 2. The largest absolute Gasteiger partial charge is 0.343 e. The van der Waals surface area contributed by atoms with Gasteiger partial charge in [-0.05, 0) is 31.0 Å². The monoisotopic (exact) mass is 261 g/mol. The SMILES string of the molecule is CCCC1C(=O)NC(C)C(=O)N1Cc1ccncc1. The first kappa shape index (κ1) is 13.5. The number of rotatable bonds is 4. The van der Waals surface area contributed by atoms with E-state index in [1.54, 1.807) is 24.2 Å². The molecule has 2 amide bonds. The average molecular weight is 261 g/mol. The summed E-state index contributed by atoms with van der Waals surface area (Å²) in [4.78, 5) is 29.9. The van der Waals surface area contributed by atoms with Crippen molar-refractivity contribution in [3.63, 3.8) is 0 Å². The van der Waals surface area contributed by atoms with Crippen LogP contribution in [-0.4, -0.2) is 33.8 Å². The lowest BCUT2D eigenvalue weighted by atomic mass is 10.0. The fourth-order valence-corrected chi connectivity index (χ4v) is 2.35. The molecule has 5 nitrogen and oxygen atoms in total. The number of nitrogens with one attached hydrogen (secondary N) is 1. The van der Waals surface area contributed by atoms with Gasteiger partial charge in [-0.2, -0.15) is 0 Å². The van der Waals surface area contributed by atoms with Crippen LogP contribution in [0.15, 0.2) is 24.5 Å². The third-order valence-corrected chi connectivity index (χ3v) is 3.36. The molecular weight excluding hydrogens is 242 g/mol. The van der Waals surface area contributed by atoms with Gasteiger partial charge in [0.1, 0.15) is 12.1 Å². The Balaban J connectivity index is 2.21. The highest BCUT2D eigenvalue weighted by Crippen LogP contribution is 2.17. The summed E-state index contributed by atoms with van der Waals surface area (Å²) in [7, 11) is 0. The number of nitrogens with zero attached hydrogens (tertiary/aromatic N) is 2. The van der Waals surface area contributed by atoms with Crippen molar-refractivity contribution in [1.29, 1.82) is 0 Å². The van der Waals surface area contributed by atoms with Gasteiger partial charge in [-0.15, -0.1) is 0 Å².